The molecule has 6 nitrogen and oxygen atoms in total. The number of nitriles is 2. The predicted molar refractivity (Wildman–Crippen MR) is 110 cm³/mol. The van der Waals surface area contributed by atoms with E-state index in [-0.39, 0.29) is 0 Å². The summed E-state index contributed by atoms with van der Waals surface area (Å²) < 4.78 is 6.10. The number of allylic oxidation sites excluding steroid dienone is 2. The van der Waals surface area contributed by atoms with Gasteiger partial charge in [0, 0.05) is 29.1 Å². The van der Waals surface area contributed by atoms with Crippen LogP contribution in [0.5, 0.6) is 11.6 Å². The quantitative estimate of drug-likeness (QED) is 0.688. The van der Waals surface area contributed by atoms with E-state index in [9.17, 15) is 5.26 Å². The molecule has 0 spiro atoms. The molecule has 6 heteroatoms. The maximum Gasteiger partial charge on any atom is 0.230 e. The maximum atomic E-state index is 9.39. The van der Waals surface area contributed by atoms with E-state index < -0.39 is 0 Å². The summed E-state index contributed by atoms with van der Waals surface area (Å²) >= 11 is 0. The number of benzene rings is 2. The normalized spacial score (nSPS) is 11.8. The Balaban J connectivity index is 1.61. The molecule has 1 aliphatic rings. The van der Waals surface area contributed by atoms with Crippen molar-refractivity contribution in [2.75, 3.05) is 5.32 Å². The van der Waals surface area contributed by atoms with Crippen molar-refractivity contribution < 1.29 is 4.74 Å². The third-order valence-corrected chi connectivity index (χ3v) is 4.81. The molecule has 0 atom stereocenters. The van der Waals surface area contributed by atoms with Crippen LogP contribution in [0, 0.1) is 36.5 Å². The van der Waals surface area contributed by atoms with E-state index in [1.54, 1.807) is 36.5 Å². The number of rotatable bonds is 4. The van der Waals surface area contributed by atoms with Crippen LogP contribution in [0.4, 0.5) is 11.6 Å². The summed E-state index contributed by atoms with van der Waals surface area (Å²) in [6.45, 7) is 3.96. The van der Waals surface area contributed by atoms with E-state index in [1.165, 1.54) is 0 Å². The molecule has 0 fully saturated rings. The van der Waals surface area contributed by atoms with Crippen LogP contribution in [0.1, 0.15) is 27.8 Å². The molecule has 4 rings (SSSR count). The van der Waals surface area contributed by atoms with Gasteiger partial charge in [-0.15, -0.1) is 0 Å². The van der Waals surface area contributed by atoms with Crippen LogP contribution in [0.25, 0.3) is 5.57 Å². The first-order valence-corrected chi connectivity index (χ1v) is 9.11. The Labute approximate surface area is 168 Å². The van der Waals surface area contributed by atoms with Crippen LogP contribution in [-0.4, -0.2) is 9.97 Å². The zero-order chi connectivity index (χ0) is 20.4. The number of anilines is 2. The summed E-state index contributed by atoms with van der Waals surface area (Å²) in [7, 11) is 0. The lowest BCUT2D eigenvalue weighted by Crippen LogP contribution is -2.01. The summed E-state index contributed by atoms with van der Waals surface area (Å²) in [4.78, 5) is 8.66. The topological polar surface area (TPSA) is 94.6 Å². The van der Waals surface area contributed by atoms with Gasteiger partial charge in [0.25, 0.3) is 0 Å². The van der Waals surface area contributed by atoms with Crippen molar-refractivity contribution in [1.82, 2.24) is 9.97 Å². The van der Waals surface area contributed by atoms with Crippen LogP contribution in [0.2, 0.25) is 0 Å². The van der Waals surface area contributed by atoms with Gasteiger partial charge < -0.3 is 10.1 Å². The number of hydrogen-bond donors (Lipinski definition) is 1. The van der Waals surface area contributed by atoms with Gasteiger partial charge in [0.2, 0.25) is 11.8 Å². The van der Waals surface area contributed by atoms with Crippen LogP contribution < -0.4 is 10.1 Å². The lowest BCUT2D eigenvalue weighted by Gasteiger charge is -2.16. The summed E-state index contributed by atoms with van der Waals surface area (Å²) in [5.74, 6) is 1.50. The highest BCUT2D eigenvalue weighted by atomic mass is 16.5. The molecular formula is C23H17N5O. The van der Waals surface area contributed by atoms with Crippen molar-refractivity contribution in [3.8, 4) is 23.8 Å². The largest absolute Gasteiger partial charge is 0.438 e. The summed E-state index contributed by atoms with van der Waals surface area (Å²) in [5.41, 5.74) is 6.08. The summed E-state index contributed by atoms with van der Waals surface area (Å²) in [5, 5.41) is 21.4. The SMILES string of the molecule is Cc1cc2c(c(C)c1Oc1ccnc(Nc3ccc(C#N)cc3)n1)C(C#N)=CC2. The number of nitrogens with zero attached hydrogens (tertiary/aromatic N) is 4. The molecule has 1 N–H and O–H groups in total. The molecule has 29 heavy (non-hydrogen) atoms. The van der Waals surface area contributed by atoms with Gasteiger partial charge in [-0.2, -0.15) is 15.5 Å². The van der Waals surface area contributed by atoms with Crippen molar-refractivity contribution in [2.24, 2.45) is 0 Å². The van der Waals surface area contributed by atoms with Gasteiger partial charge in [-0.05, 0) is 55.7 Å². The Morgan fingerprint density at radius 1 is 1.07 bits per heavy atom. The van der Waals surface area contributed by atoms with Crippen LogP contribution >= 0.6 is 0 Å². The number of hydrogen-bond acceptors (Lipinski definition) is 6. The summed E-state index contributed by atoms with van der Waals surface area (Å²) in [6.07, 6.45) is 4.34. The molecule has 0 aliphatic heterocycles. The lowest BCUT2D eigenvalue weighted by molar-refractivity contribution is 0.455. The fraction of sp³-hybridized carbons (Fsp3) is 0.130. The highest BCUT2D eigenvalue weighted by molar-refractivity contribution is 5.85. The minimum absolute atomic E-state index is 0.390. The van der Waals surface area contributed by atoms with Crippen LogP contribution in [0.15, 0.2) is 48.7 Å². The van der Waals surface area contributed by atoms with Gasteiger partial charge in [0.05, 0.1) is 23.3 Å². The molecule has 0 saturated heterocycles. The lowest BCUT2D eigenvalue weighted by atomic mass is 9.96. The van der Waals surface area contributed by atoms with E-state index >= 15 is 0 Å². The van der Waals surface area contributed by atoms with E-state index in [4.69, 9.17) is 10.00 Å². The number of nitrogens with one attached hydrogen (secondary N) is 1. The summed E-state index contributed by atoms with van der Waals surface area (Å²) in [6, 6.07) is 15.1. The molecule has 2 aromatic carbocycles. The number of aryl methyl sites for hydroxylation is 1. The van der Waals surface area contributed by atoms with Crippen LogP contribution in [0.3, 0.4) is 0 Å². The van der Waals surface area contributed by atoms with Crippen molar-refractivity contribution in [3.63, 3.8) is 0 Å². The zero-order valence-corrected chi connectivity index (χ0v) is 16.0. The van der Waals surface area contributed by atoms with Crippen molar-refractivity contribution in [2.45, 2.75) is 20.3 Å². The molecule has 3 aromatic rings. The number of fused-ring (bicyclic) bond motifs is 1. The monoisotopic (exact) mass is 379 g/mol. The molecule has 0 amide bonds. The molecule has 1 aromatic heterocycles. The third kappa shape index (κ3) is 3.52. The van der Waals surface area contributed by atoms with E-state index in [0.29, 0.717) is 28.7 Å². The van der Waals surface area contributed by atoms with Crippen molar-refractivity contribution in [3.05, 3.63) is 76.5 Å². The number of aromatic nitrogens is 2. The molecule has 1 heterocycles. The Morgan fingerprint density at radius 3 is 2.59 bits per heavy atom. The van der Waals surface area contributed by atoms with E-state index in [0.717, 1.165) is 34.4 Å². The average molecular weight is 379 g/mol. The smallest absolute Gasteiger partial charge is 0.230 e. The van der Waals surface area contributed by atoms with E-state index in [2.05, 4.69) is 33.5 Å². The molecule has 0 bridgehead atoms. The second-order valence-corrected chi connectivity index (χ2v) is 6.75. The molecule has 0 radical (unpaired) electrons. The average Bonchev–Trinajstić information content (AvgIpc) is 3.15. The Morgan fingerprint density at radius 2 is 1.86 bits per heavy atom. The van der Waals surface area contributed by atoms with Gasteiger partial charge in [-0.3, -0.25) is 0 Å². The van der Waals surface area contributed by atoms with Gasteiger partial charge in [0.1, 0.15) is 5.75 Å². The zero-order valence-electron chi connectivity index (χ0n) is 16.0. The molecule has 1 aliphatic carbocycles. The highest BCUT2D eigenvalue weighted by Gasteiger charge is 2.21. The Bertz CT molecular complexity index is 1210. The van der Waals surface area contributed by atoms with Gasteiger partial charge in [-0.1, -0.05) is 12.1 Å². The Kier molecular flexibility index (Phi) is 4.68. The minimum atomic E-state index is 0.390. The van der Waals surface area contributed by atoms with Crippen molar-refractivity contribution in [1.29, 1.82) is 10.5 Å². The van der Waals surface area contributed by atoms with Gasteiger partial charge >= 0.3 is 0 Å². The number of ether oxygens (including phenoxy) is 1. The minimum Gasteiger partial charge on any atom is -0.438 e. The first kappa shape index (κ1) is 18.2. The first-order valence-electron chi connectivity index (χ1n) is 9.11. The van der Waals surface area contributed by atoms with E-state index in [1.807, 2.05) is 19.9 Å². The molecular weight excluding hydrogens is 362 g/mol. The molecule has 0 unspecified atom stereocenters. The second-order valence-electron chi connectivity index (χ2n) is 6.75. The maximum absolute atomic E-state index is 9.39. The van der Waals surface area contributed by atoms with Crippen molar-refractivity contribution >= 4 is 17.2 Å². The molecule has 0 saturated carbocycles. The first-order chi connectivity index (χ1) is 14.1. The van der Waals surface area contributed by atoms with Gasteiger partial charge in [-0.25, -0.2) is 4.98 Å². The highest BCUT2D eigenvalue weighted by Crippen LogP contribution is 2.39. The van der Waals surface area contributed by atoms with Crippen LogP contribution in [-0.2, 0) is 6.42 Å². The third-order valence-electron chi connectivity index (χ3n) is 4.81. The second kappa shape index (κ2) is 7.46. The molecule has 140 valence electrons. The Hall–Kier alpha value is -4.16. The standard InChI is InChI=1S/C23H17N5O/c1-14-11-17-5-6-18(13-25)21(17)15(2)22(14)29-20-9-10-26-23(28-20)27-19-7-3-16(12-24)4-8-19/h3-4,6-11H,5H2,1-2H3,(H,26,27,28). The predicted octanol–water partition coefficient (Wildman–Crippen LogP) is 4.96. The fourth-order valence-corrected chi connectivity index (χ4v) is 3.48. The fourth-order valence-electron chi connectivity index (χ4n) is 3.48. The van der Waals surface area contributed by atoms with Gasteiger partial charge in [0.15, 0.2) is 0 Å².